The minimum atomic E-state index is -4.49. The summed E-state index contributed by atoms with van der Waals surface area (Å²) in [5.41, 5.74) is 5.95. The Hall–Kier alpha value is -0.890. The van der Waals surface area contributed by atoms with E-state index in [0.717, 1.165) is 12.8 Å². The lowest BCUT2D eigenvalue weighted by Gasteiger charge is -2.20. The van der Waals surface area contributed by atoms with Crippen molar-refractivity contribution in [2.45, 2.75) is 38.9 Å². The van der Waals surface area contributed by atoms with E-state index in [-0.39, 0.29) is 11.2 Å². The number of hydrogen-bond donors (Lipinski definition) is 2. The topological polar surface area (TPSA) is 63.8 Å². The highest BCUT2D eigenvalue weighted by molar-refractivity contribution is 7.09. The Morgan fingerprint density at radius 2 is 1.94 bits per heavy atom. The molecule has 1 aromatic rings. The summed E-state index contributed by atoms with van der Waals surface area (Å²) in [6, 6.07) is -0.0989. The van der Waals surface area contributed by atoms with Gasteiger partial charge in [-0.15, -0.1) is 0 Å². The second-order valence-electron chi connectivity index (χ2n) is 4.04. The van der Waals surface area contributed by atoms with Gasteiger partial charge in [0.1, 0.15) is 0 Å². The molecule has 3 N–H and O–H groups in total. The quantitative estimate of drug-likeness (QED) is 0.842. The van der Waals surface area contributed by atoms with Gasteiger partial charge in [0.15, 0.2) is 0 Å². The van der Waals surface area contributed by atoms with Crippen LogP contribution in [0.15, 0.2) is 0 Å². The summed E-state index contributed by atoms with van der Waals surface area (Å²) in [6.07, 6.45) is -2.60. The maximum Gasteiger partial charge on any atom is 0.452 e. The summed E-state index contributed by atoms with van der Waals surface area (Å²) >= 11 is 0.698. The highest BCUT2D eigenvalue weighted by Gasteiger charge is 2.36. The molecule has 0 bridgehead atoms. The third kappa shape index (κ3) is 4.09. The normalized spacial score (nSPS) is 13.9. The SMILES string of the molecule is CCC(CC)C(N)CNc1nc(C(F)(F)F)ns1. The van der Waals surface area contributed by atoms with Gasteiger partial charge in [-0.2, -0.15) is 22.5 Å². The monoisotopic (exact) mass is 282 g/mol. The maximum atomic E-state index is 12.3. The first-order chi connectivity index (χ1) is 8.38. The molecule has 0 aliphatic rings. The summed E-state index contributed by atoms with van der Waals surface area (Å²) < 4.78 is 40.1. The van der Waals surface area contributed by atoms with Gasteiger partial charge in [-0.05, 0) is 5.92 Å². The van der Waals surface area contributed by atoms with Crippen molar-refractivity contribution in [3.8, 4) is 0 Å². The minimum Gasteiger partial charge on any atom is -0.359 e. The average Bonchev–Trinajstić information content (AvgIpc) is 2.76. The molecule has 1 atom stereocenters. The van der Waals surface area contributed by atoms with E-state index in [1.165, 1.54) is 0 Å². The first kappa shape index (κ1) is 15.2. The number of nitrogens with one attached hydrogen (secondary N) is 1. The van der Waals surface area contributed by atoms with Crippen molar-refractivity contribution in [1.29, 1.82) is 0 Å². The highest BCUT2D eigenvalue weighted by Crippen LogP contribution is 2.28. The van der Waals surface area contributed by atoms with Crippen molar-refractivity contribution in [1.82, 2.24) is 9.36 Å². The molecule has 104 valence electrons. The molecule has 0 spiro atoms. The Morgan fingerprint density at radius 1 is 1.33 bits per heavy atom. The molecule has 0 aromatic carbocycles. The van der Waals surface area contributed by atoms with Crippen LogP contribution in [0, 0.1) is 5.92 Å². The van der Waals surface area contributed by atoms with Gasteiger partial charge in [-0.3, -0.25) is 0 Å². The van der Waals surface area contributed by atoms with Crippen molar-refractivity contribution in [2.24, 2.45) is 11.7 Å². The third-order valence-electron chi connectivity index (χ3n) is 2.82. The zero-order valence-corrected chi connectivity index (χ0v) is 11.1. The molecule has 1 aromatic heterocycles. The number of alkyl halides is 3. The first-order valence-electron chi connectivity index (χ1n) is 5.78. The molecule has 0 radical (unpaired) electrons. The molecular formula is C10H17F3N4S. The fourth-order valence-corrected chi connectivity index (χ4v) is 2.27. The number of rotatable bonds is 6. The standard InChI is InChI=1S/C10H17F3N4S/c1-3-6(4-2)7(14)5-15-9-16-8(17-18-9)10(11,12)13/h6-7H,3-5,14H2,1-2H3,(H,15,16,17). The van der Waals surface area contributed by atoms with Crippen LogP contribution < -0.4 is 11.1 Å². The van der Waals surface area contributed by atoms with E-state index in [2.05, 4.69) is 14.7 Å². The molecule has 0 fully saturated rings. The summed E-state index contributed by atoms with van der Waals surface area (Å²) in [5.74, 6) is -0.751. The Bertz CT molecular complexity index is 362. The molecule has 8 heteroatoms. The summed E-state index contributed by atoms with van der Waals surface area (Å²) in [7, 11) is 0. The number of hydrogen-bond acceptors (Lipinski definition) is 5. The predicted octanol–water partition coefficient (Wildman–Crippen LogP) is 2.73. The summed E-state index contributed by atoms with van der Waals surface area (Å²) in [5, 5.41) is 2.96. The number of halogens is 3. The Morgan fingerprint density at radius 3 is 2.39 bits per heavy atom. The molecular weight excluding hydrogens is 265 g/mol. The fourth-order valence-electron chi connectivity index (χ4n) is 1.68. The van der Waals surface area contributed by atoms with E-state index in [1.807, 2.05) is 13.8 Å². The van der Waals surface area contributed by atoms with Crippen molar-refractivity contribution in [3.05, 3.63) is 5.82 Å². The lowest BCUT2D eigenvalue weighted by Crippen LogP contribution is -2.36. The van der Waals surface area contributed by atoms with E-state index >= 15 is 0 Å². The van der Waals surface area contributed by atoms with E-state index in [4.69, 9.17) is 5.73 Å². The van der Waals surface area contributed by atoms with Crippen molar-refractivity contribution >= 4 is 16.7 Å². The van der Waals surface area contributed by atoms with Gasteiger partial charge < -0.3 is 11.1 Å². The van der Waals surface area contributed by atoms with Crippen LogP contribution in [0.4, 0.5) is 18.3 Å². The van der Waals surface area contributed by atoms with Crippen LogP contribution in [-0.2, 0) is 6.18 Å². The zero-order valence-electron chi connectivity index (χ0n) is 10.3. The van der Waals surface area contributed by atoms with Gasteiger partial charge in [-0.1, -0.05) is 26.7 Å². The molecule has 1 unspecified atom stereocenters. The molecule has 4 nitrogen and oxygen atoms in total. The number of aromatic nitrogens is 2. The zero-order chi connectivity index (χ0) is 13.8. The summed E-state index contributed by atoms with van der Waals surface area (Å²) in [4.78, 5) is 3.38. The molecule has 0 saturated carbocycles. The minimum absolute atomic E-state index is 0.0989. The molecule has 18 heavy (non-hydrogen) atoms. The van der Waals surface area contributed by atoms with Crippen LogP contribution >= 0.6 is 11.5 Å². The van der Waals surface area contributed by atoms with Gasteiger partial charge in [0, 0.05) is 24.1 Å². The van der Waals surface area contributed by atoms with Crippen LogP contribution in [-0.4, -0.2) is 21.9 Å². The van der Waals surface area contributed by atoms with Crippen LogP contribution in [0.2, 0.25) is 0 Å². The molecule has 0 saturated heterocycles. The highest BCUT2D eigenvalue weighted by atomic mass is 32.1. The second-order valence-corrected chi connectivity index (χ2v) is 4.79. The first-order valence-corrected chi connectivity index (χ1v) is 6.56. The number of anilines is 1. The maximum absolute atomic E-state index is 12.3. The van der Waals surface area contributed by atoms with Gasteiger partial charge in [0.2, 0.25) is 11.0 Å². The lowest BCUT2D eigenvalue weighted by molar-refractivity contribution is -0.144. The van der Waals surface area contributed by atoms with Crippen molar-refractivity contribution in [2.75, 3.05) is 11.9 Å². The number of nitrogens with zero attached hydrogens (tertiary/aromatic N) is 2. The smallest absolute Gasteiger partial charge is 0.359 e. The van der Waals surface area contributed by atoms with Gasteiger partial charge >= 0.3 is 6.18 Å². The van der Waals surface area contributed by atoms with E-state index in [0.29, 0.717) is 24.0 Å². The predicted molar refractivity (Wildman–Crippen MR) is 65.4 cm³/mol. The Labute approximate surface area is 108 Å². The van der Waals surface area contributed by atoms with Crippen LogP contribution in [0.5, 0.6) is 0 Å². The van der Waals surface area contributed by atoms with E-state index in [9.17, 15) is 13.2 Å². The molecule has 0 amide bonds. The lowest BCUT2D eigenvalue weighted by atomic mass is 9.95. The second kappa shape index (κ2) is 6.33. The Kier molecular flexibility index (Phi) is 5.33. The van der Waals surface area contributed by atoms with Gasteiger partial charge in [0.25, 0.3) is 0 Å². The fraction of sp³-hybridized carbons (Fsp3) is 0.800. The summed E-state index contributed by atoms with van der Waals surface area (Å²) in [6.45, 7) is 4.49. The van der Waals surface area contributed by atoms with Gasteiger partial charge in [-0.25, -0.2) is 0 Å². The van der Waals surface area contributed by atoms with E-state index < -0.39 is 12.0 Å². The largest absolute Gasteiger partial charge is 0.452 e. The number of nitrogens with two attached hydrogens (primary N) is 1. The van der Waals surface area contributed by atoms with Crippen molar-refractivity contribution < 1.29 is 13.2 Å². The van der Waals surface area contributed by atoms with Gasteiger partial charge in [0.05, 0.1) is 0 Å². The van der Waals surface area contributed by atoms with E-state index in [1.54, 1.807) is 0 Å². The third-order valence-corrected chi connectivity index (χ3v) is 3.50. The van der Waals surface area contributed by atoms with Crippen molar-refractivity contribution in [3.63, 3.8) is 0 Å². The van der Waals surface area contributed by atoms with Crippen LogP contribution in [0.25, 0.3) is 0 Å². The van der Waals surface area contributed by atoms with Crippen LogP contribution in [0.1, 0.15) is 32.5 Å². The molecule has 0 aliphatic heterocycles. The average molecular weight is 282 g/mol. The Balaban J connectivity index is 2.51. The molecule has 1 heterocycles. The molecule has 1 rings (SSSR count). The molecule has 0 aliphatic carbocycles. The van der Waals surface area contributed by atoms with Crippen LogP contribution in [0.3, 0.4) is 0 Å².